The SMILES string of the molecule is CCCCN1C[C@@]23C=C[C@H](O2)C(C(=O)OC)[C@H]3C1=O. The number of ether oxygens (including phenoxy) is 2. The van der Waals surface area contributed by atoms with Crippen molar-refractivity contribution in [2.45, 2.75) is 31.5 Å². The Morgan fingerprint density at radius 3 is 3.11 bits per heavy atom. The van der Waals surface area contributed by atoms with Gasteiger partial charge in [-0.1, -0.05) is 25.5 Å². The fraction of sp³-hybridized carbons (Fsp3) is 0.714. The fourth-order valence-electron chi connectivity index (χ4n) is 3.52. The van der Waals surface area contributed by atoms with Gasteiger partial charge in [0.25, 0.3) is 0 Å². The molecule has 1 spiro atoms. The van der Waals surface area contributed by atoms with E-state index in [-0.39, 0.29) is 18.0 Å². The van der Waals surface area contributed by atoms with E-state index in [2.05, 4.69) is 6.92 Å². The summed E-state index contributed by atoms with van der Waals surface area (Å²) in [6.45, 7) is 3.40. The molecule has 0 saturated carbocycles. The topological polar surface area (TPSA) is 55.8 Å². The van der Waals surface area contributed by atoms with Gasteiger partial charge in [-0.15, -0.1) is 0 Å². The highest BCUT2D eigenvalue weighted by molar-refractivity contribution is 5.91. The Bertz CT molecular complexity index is 447. The Labute approximate surface area is 112 Å². The largest absolute Gasteiger partial charge is 0.469 e. The molecule has 0 aliphatic carbocycles. The van der Waals surface area contributed by atoms with Crippen molar-refractivity contribution in [1.82, 2.24) is 4.90 Å². The summed E-state index contributed by atoms with van der Waals surface area (Å²) in [4.78, 5) is 26.2. The van der Waals surface area contributed by atoms with Gasteiger partial charge in [0.2, 0.25) is 5.91 Å². The molecule has 3 heterocycles. The molecule has 5 nitrogen and oxygen atoms in total. The number of nitrogens with zero attached hydrogens (tertiary/aromatic N) is 1. The van der Waals surface area contributed by atoms with E-state index in [9.17, 15) is 9.59 Å². The van der Waals surface area contributed by atoms with Crippen molar-refractivity contribution < 1.29 is 19.1 Å². The van der Waals surface area contributed by atoms with E-state index < -0.39 is 17.4 Å². The Hall–Kier alpha value is -1.36. The summed E-state index contributed by atoms with van der Waals surface area (Å²) in [5, 5.41) is 0. The molecule has 2 saturated heterocycles. The standard InChI is InChI=1S/C14H19NO4/c1-3-4-7-15-8-14-6-5-9(19-14)10(13(17)18-2)11(14)12(15)16/h5-6,9-11H,3-4,7-8H2,1-2H3/t9-,10?,11-,14+/m0/s1. The van der Waals surface area contributed by atoms with Crippen LogP contribution in [-0.2, 0) is 19.1 Å². The lowest BCUT2D eigenvalue weighted by atomic mass is 9.77. The lowest BCUT2D eigenvalue weighted by Gasteiger charge is -2.22. The molecule has 2 fully saturated rings. The zero-order chi connectivity index (χ0) is 13.6. The molecule has 1 unspecified atom stereocenters. The highest BCUT2D eigenvalue weighted by atomic mass is 16.5. The molecule has 3 aliphatic rings. The van der Waals surface area contributed by atoms with Crippen molar-refractivity contribution in [1.29, 1.82) is 0 Å². The predicted molar refractivity (Wildman–Crippen MR) is 67.2 cm³/mol. The first kappa shape index (κ1) is 12.7. The third-order valence-corrected chi connectivity index (χ3v) is 4.43. The molecule has 2 bridgehead atoms. The summed E-state index contributed by atoms with van der Waals surface area (Å²) in [5.74, 6) is -1.18. The smallest absolute Gasteiger partial charge is 0.312 e. The Kier molecular flexibility index (Phi) is 2.89. The minimum absolute atomic E-state index is 0.0377. The van der Waals surface area contributed by atoms with Crippen molar-refractivity contribution in [3.63, 3.8) is 0 Å². The number of carbonyl (C=O) groups excluding carboxylic acids is 2. The summed E-state index contributed by atoms with van der Waals surface area (Å²) in [6, 6.07) is 0. The minimum atomic E-state index is -0.589. The number of amides is 1. The van der Waals surface area contributed by atoms with Gasteiger partial charge in [0.15, 0.2) is 0 Å². The molecule has 0 radical (unpaired) electrons. The maximum atomic E-state index is 12.5. The first-order valence-electron chi connectivity index (χ1n) is 6.87. The van der Waals surface area contributed by atoms with E-state index >= 15 is 0 Å². The highest BCUT2D eigenvalue weighted by Gasteiger charge is 2.67. The maximum absolute atomic E-state index is 12.5. The van der Waals surface area contributed by atoms with Gasteiger partial charge >= 0.3 is 5.97 Å². The van der Waals surface area contributed by atoms with E-state index in [4.69, 9.17) is 9.47 Å². The van der Waals surface area contributed by atoms with Gasteiger partial charge in [-0.05, 0) is 6.42 Å². The molecule has 0 aromatic rings. The zero-order valence-corrected chi connectivity index (χ0v) is 11.3. The van der Waals surface area contributed by atoms with Crippen molar-refractivity contribution in [2.75, 3.05) is 20.2 Å². The van der Waals surface area contributed by atoms with Gasteiger partial charge in [-0.25, -0.2) is 0 Å². The second-order valence-corrected chi connectivity index (χ2v) is 5.54. The van der Waals surface area contributed by atoms with Crippen LogP contribution >= 0.6 is 0 Å². The lowest BCUT2D eigenvalue weighted by molar-refractivity contribution is -0.151. The molecule has 1 amide bonds. The van der Waals surface area contributed by atoms with Gasteiger partial charge in [0, 0.05) is 6.54 Å². The molecule has 3 rings (SSSR count). The summed E-state index contributed by atoms with van der Waals surface area (Å²) < 4.78 is 10.8. The number of methoxy groups -OCH3 is 1. The zero-order valence-electron chi connectivity index (χ0n) is 11.3. The van der Waals surface area contributed by atoms with E-state index in [1.54, 1.807) is 0 Å². The van der Waals surface area contributed by atoms with Crippen LogP contribution in [-0.4, -0.2) is 48.7 Å². The van der Waals surface area contributed by atoms with Crippen LogP contribution in [0.3, 0.4) is 0 Å². The van der Waals surface area contributed by atoms with Crippen LogP contribution in [0.1, 0.15) is 19.8 Å². The van der Waals surface area contributed by atoms with Crippen LogP contribution in [0.4, 0.5) is 0 Å². The monoisotopic (exact) mass is 265 g/mol. The molecule has 4 atom stereocenters. The van der Waals surface area contributed by atoms with E-state index in [0.717, 1.165) is 19.4 Å². The number of rotatable bonds is 4. The van der Waals surface area contributed by atoms with Crippen molar-refractivity contribution in [3.05, 3.63) is 12.2 Å². The molecule has 0 N–H and O–H groups in total. The lowest BCUT2D eigenvalue weighted by Crippen LogP contribution is -2.39. The molecule has 104 valence electrons. The van der Waals surface area contributed by atoms with E-state index in [1.807, 2.05) is 17.1 Å². The Balaban J connectivity index is 1.86. The first-order chi connectivity index (χ1) is 9.13. The van der Waals surface area contributed by atoms with E-state index in [1.165, 1.54) is 7.11 Å². The van der Waals surface area contributed by atoms with Crippen molar-refractivity contribution in [3.8, 4) is 0 Å². The van der Waals surface area contributed by atoms with Crippen LogP contribution in [0, 0.1) is 11.8 Å². The molecule has 19 heavy (non-hydrogen) atoms. The van der Waals surface area contributed by atoms with E-state index in [0.29, 0.717) is 6.54 Å². The molecule has 0 aromatic heterocycles. The van der Waals surface area contributed by atoms with Gasteiger partial charge in [0.1, 0.15) is 11.5 Å². The molecule has 5 heteroatoms. The summed E-state index contributed by atoms with van der Waals surface area (Å²) in [6.07, 6.45) is 5.58. The second kappa shape index (κ2) is 4.34. The maximum Gasteiger partial charge on any atom is 0.312 e. The summed E-state index contributed by atoms with van der Waals surface area (Å²) in [7, 11) is 1.36. The predicted octanol–water partition coefficient (Wildman–Crippen LogP) is 0.741. The van der Waals surface area contributed by atoms with Crippen LogP contribution in [0.15, 0.2) is 12.2 Å². The third-order valence-electron chi connectivity index (χ3n) is 4.43. The second-order valence-electron chi connectivity index (χ2n) is 5.54. The minimum Gasteiger partial charge on any atom is -0.469 e. The van der Waals surface area contributed by atoms with Crippen molar-refractivity contribution >= 4 is 11.9 Å². The van der Waals surface area contributed by atoms with Gasteiger partial charge in [-0.2, -0.15) is 0 Å². The van der Waals surface area contributed by atoms with Crippen LogP contribution in [0.5, 0.6) is 0 Å². The average Bonchev–Trinajstić information content (AvgIpc) is 3.04. The van der Waals surface area contributed by atoms with Crippen LogP contribution in [0.2, 0.25) is 0 Å². The Morgan fingerprint density at radius 1 is 1.63 bits per heavy atom. The number of fused-ring (bicyclic) bond motifs is 1. The third kappa shape index (κ3) is 1.64. The molecular weight excluding hydrogens is 246 g/mol. The quantitative estimate of drug-likeness (QED) is 0.556. The summed E-state index contributed by atoms with van der Waals surface area (Å²) >= 11 is 0. The number of hydrogen-bond donors (Lipinski definition) is 0. The van der Waals surface area contributed by atoms with Crippen LogP contribution < -0.4 is 0 Å². The van der Waals surface area contributed by atoms with Crippen LogP contribution in [0.25, 0.3) is 0 Å². The van der Waals surface area contributed by atoms with Crippen molar-refractivity contribution in [2.24, 2.45) is 11.8 Å². The number of likely N-dealkylation sites (tertiary alicyclic amines) is 1. The number of esters is 1. The van der Waals surface area contributed by atoms with Gasteiger partial charge in [0.05, 0.1) is 25.7 Å². The fourth-order valence-corrected chi connectivity index (χ4v) is 3.52. The Morgan fingerprint density at radius 2 is 2.42 bits per heavy atom. The number of carbonyl (C=O) groups is 2. The highest BCUT2D eigenvalue weighted by Crippen LogP contribution is 2.52. The van der Waals surface area contributed by atoms with Gasteiger partial charge in [-0.3, -0.25) is 9.59 Å². The molecular formula is C14H19NO4. The average molecular weight is 265 g/mol. The molecule has 3 aliphatic heterocycles. The number of unbranched alkanes of at least 4 members (excludes halogenated alkanes) is 1. The first-order valence-corrected chi connectivity index (χ1v) is 6.87. The van der Waals surface area contributed by atoms with Gasteiger partial charge < -0.3 is 14.4 Å². The number of hydrogen-bond acceptors (Lipinski definition) is 4. The normalized spacial score (nSPS) is 38.9. The summed E-state index contributed by atoms with van der Waals surface area (Å²) in [5.41, 5.74) is -0.589. The molecule has 0 aromatic carbocycles.